The summed E-state index contributed by atoms with van der Waals surface area (Å²) in [4.78, 5) is 12.0. The second kappa shape index (κ2) is 2.95. The van der Waals surface area contributed by atoms with Crippen LogP contribution in [0.15, 0.2) is 0 Å². The molecule has 1 saturated heterocycles. The highest BCUT2D eigenvalue weighted by atomic mass is 16.6. The van der Waals surface area contributed by atoms with Crippen LogP contribution in [0.1, 0.15) is 33.6 Å². The van der Waals surface area contributed by atoms with E-state index in [4.69, 9.17) is 4.74 Å². The number of carbonyl (C=O) groups is 1. The van der Waals surface area contributed by atoms with Crippen molar-refractivity contribution in [1.29, 1.82) is 0 Å². The molecule has 1 heterocycles. The third kappa shape index (κ3) is 1.66. The zero-order chi connectivity index (χ0) is 11.3. The average Bonchev–Trinajstić information content (AvgIpc) is 2.76. The van der Waals surface area contributed by atoms with Gasteiger partial charge >= 0.3 is 5.97 Å². The Kier molecular flexibility index (Phi) is 2.14. The quantitative estimate of drug-likeness (QED) is 0.654. The fourth-order valence-electron chi connectivity index (χ4n) is 2.06. The van der Waals surface area contributed by atoms with Gasteiger partial charge in [0.15, 0.2) is 0 Å². The molecule has 4 nitrogen and oxygen atoms in total. The Bertz CT molecular complexity index is 285. The van der Waals surface area contributed by atoms with Crippen molar-refractivity contribution >= 4 is 5.97 Å². The van der Waals surface area contributed by atoms with Gasteiger partial charge in [0.2, 0.25) is 0 Å². The molecule has 2 fully saturated rings. The molecule has 86 valence electrons. The first-order chi connectivity index (χ1) is 6.79. The molecule has 0 aromatic rings. The van der Waals surface area contributed by atoms with Gasteiger partial charge in [0.05, 0.1) is 5.41 Å². The van der Waals surface area contributed by atoms with Crippen molar-refractivity contribution in [3.05, 3.63) is 0 Å². The predicted molar refractivity (Wildman–Crippen MR) is 55.3 cm³/mol. The van der Waals surface area contributed by atoms with E-state index in [1.165, 1.54) is 0 Å². The van der Waals surface area contributed by atoms with E-state index in [9.17, 15) is 9.90 Å². The van der Waals surface area contributed by atoms with Crippen molar-refractivity contribution in [3.63, 3.8) is 0 Å². The molecule has 4 heteroatoms. The highest BCUT2D eigenvalue weighted by Crippen LogP contribution is 2.56. The molecule has 1 saturated carbocycles. The summed E-state index contributed by atoms with van der Waals surface area (Å²) in [6, 6.07) is 0. The number of ether oxygens (including phenoxy) is 1. The molecule has 0 aromatic carbocycles. The third-order valence-electron chi connectivity index (χ3n) is 3.27. The van der Waals surface area contributed by atoms with Crippen molar-refractivity contribution in [1.82, 2.24) is 5.32 Å². The van der Waals surface area contributed by atoms with Gasteiger partial charge in [-0.25, -0.2) is 0 Å². The van der Waals surface area contributed by atoms with E-state index in [0.29, 0.717) is 13.1 Å². The number of rotatable bonds is 2. The van der Waals surface area contributed by atoms with E-state index >= 15 is 0 Å². The Balaban J connectivity index is 2.07. The van der Waals surface area contributed by atoms with Gasteiger partial charge in [-0.15, -0.1) is 0 Å². The van der Waals surface area contributed by atoms with Crippen molar-refractivity contribution in [2.24, 2.45) is 5.41 Å². The summed E-state index contributed by atoms with van der Waals surface area (Å²) in [5.74, 6) is -0.237. The van der Waals surface area contributed by atoms with Crippen LogP contribution in [0.3, 0.4) is 0 Å². The summed E-state index contributed by atoms with van der Waals surface area (Å²) in [6.45, 7) is 6.57. The van der Waals surface area contributed by atoms with E-state index in [0.717, 1.165) is 12.8 Å². The average molecular weight is 213 g/mol. The van der Waals surface area contributed by atoms with Crippen LogP contribution in [0.25, 0.3) is 0 Å². The lowest BCUT2D eigenvalue weighted by Crippen LogP contribution is -2.66. The van der Waals surface area contributed by atoms with Crippen LogP contribution >= 0.6 is 0 Å². The molecule has 1 aliphatic heterocycles. The lowest BCUT2D eigenvalue weighted by atomic mass is 9.79. The van der Waals surface area contributed by atoms with Crippen LogP contribution in [0.4, 0.5) is 0 Å². The fourth-order valence-corrected chi connectivity index (χ4v) is 2.06. The molecule has 0 amide bonds. The Hall–Kier alpha value is -0.610. The third-order valence-corrected chi connectivity index (χ3v) is 3.27. The fraction of sp³-hybridized carbons (Fsp3) is 0.909. The normalized spacial score (nSPS) is 26.7. The Morgan fingerprint density at radius 1 is 1.33 bits per heavy atom. The van der Waals surface area contributed by atoms with Gasteiger partial charge in [0, 0.05) is 13.1 Å². The number of carbonyl (C=O) groups excluding carboxylic acids is 1. The first kappa shape index (κ1) is 10.9. The summed E-state index contributed by atoms with van der Waals surface area (Å²) in [7, 11) is 0. The number of hydrogen-bond acceptors (Lipinski definition) is 4. The molecule has 2 N–H and O–H groups in total. The lowest BCUT2D eigenvalue weighted by Gasteiger charge is -2.43. The second-order valence-corrected chi connectivity index (χ2v) is 5.72. The summed E-state index contributed by atoms with van der Waals surface area (Å²) in [5.41, 5.74) is -1.96. The van der Waals surface area contributed by atoms with Crippen LogP contribution in [0.5, 0.6) is 0 Å². The van der Waals surface area contributed by atoms with Crippen molar-refractivity contribution in [2.45, 2.75) is 44.8 Å². The van der Waals surface area contributed by atoms with E-state index in [-0.39, 0.29) is 5.97 Å². The summed E-state index contributed by atoms with van der Waals surface area (Å²) in [5, 5.41) is 13.2. The van der Waals surface area contributed by atoms with Gasteiger partial charge in [-0.3, -0.25) is 4.79 Å². The van der Waals surface area contributed by atoms with Crippen LogP contribution in [-0.2, 0) is 9.53 Å². The first-order valence-corrected chi connectivity index (χ1v) is 5.46. The van der Waals surface area contributed by atoms with Gasteiger partial charge < -0.3 is 15.2 Å². The van der Waals surface area contributed by atoms with Crippen molar-refractivity contribution < 1.29 is 14.6 Å². The maximum Gasteiger partial charge on any atom is 0.315 e. The molecule has 0 bridgehead atoms. The maximum atomic E-state index is 12.0. The standard InChI is InChI=1S/C11H19NO3/c1-9(2,3)15-8(13)10(4-5-10)11(14)6-12-7-11/h12,14H,4-7H2,1-3H3. The number of esters is 1. The molecule has 0 radical (unpaired) electrons. The topological polar surface area (TPSA) is 58.6 Å². The number of nitrogens with one attached hydrogen (secondary N) is 1. The minimum atomic E-state index is -0.866. The van der Waals surface area contributed by atoms with Crippen LogP contribution < -0.4 is 5.32 Å². The van der Waals surface area contributed by atoms with Gasteiger partial charge in [-0.2, -0.15) is 0 Å². The highest BCUT2D eigenvalue weighted by Gasteiger charge is 2.67. The Morgan fingerprint density at radius 2 is 1.87 bits per heavy atom. The van der Waals surface area contributed by atoms with Gasteiger partial charge in [-0.1, -0.05) is 0 Å². The molecule has 0 unspecified atom stereocenters. The zero-order valence-electron chi connectivity index (χ0n) is 9.59. The van der Waals surface area contributed by atoms with Crippen molar-refractivity contribution in [3.8, 4) is 0 Å². The molecule has 2 aliphatic rings. The number of hydrogen-bond donors (Lipinski definition) is 2. The van der Waals surface area contributed by atoms with E-state index < -0.39 is 16.6 Å². The van der Waals surface area contributed by atoms with E-state index in [1.807, 2.05) is 20.8 Å². The lowest BCUT2D eigenvalue weighted by molar-refractivity contribution is -0.178. The smallest absolute Gasteiger partial charge is 0.315 e. The second-order valence-electron chi connectivity index (χ2n) is 5.72. The Morgan fingerprint density at radius 3 is 2.13 bits per heavy atom. The van der Waals surface area contributed by atoms with E-state index in [1.54, 1.807) is 0 Å². The van der Waals surface area contributed by atoms with Gasteiger partial charge in [0.25, 0.3) is 0 Å². The summed E-state index contributed by atoms with van der Waals surface area (Å²) >= 11 is 0. The minimum Gasteiger partial charge on any atom is -0.459 e. The molecular weight excluding hydrogens is 194 g/mol. The SMILES string of the molecule is CC(C)(C)OC(=O)C1(C2(O)CNC2)CC1. The van der Waals surface area contributed by atoms with Gasteiger partial charge in [0.1, 0.15) is 11.2 Å². The highest BCUT2D eigenvalue weighted by molar-refractivity contribution is 5.82. The molecule has 0 aromatic heterocycles. The van der Waals surface area contributed by atoms with E-state index in [2.05, 4.69) is 5.32 Å². The van der Waals surface area contributed by atoms with Crippen LogP contribution in [0, 0.1) is 5.41 Å². The minimum absolute atomic E-state index is 0.237. The van der Waals surface area contributed by atoms with Crippen LogP contribution in [0.2, 0.25) is 0 Å². The Labute approximate surface area is 90.0 Å². The molecule has 0 atom stereocenters. The summed E-state index contributed by atoms with van der Waals surface area (Å²) < 4.78 is 5.36. The summed E-state index contributed by atoms with van der Waals surface area (Å²) in [6.07, 6.45) is 1.50. The first-order valence-electron chi connectivity index (χ1n) is 5.46. The van der Waals surface area contributed by atoms with Crippen LogP contribution in [-0.4, -0.2) is 35.4 Å². The molecule has 0 spiro atoms. The predicted octanol–water partition coefficient (Wildman–Crippen LogP) is 0.443. The maximum absolute atomic E-state index is 12.0. The largest absolute Gasteiger partial charge is 0.459 e. The molecule has 15 heavy (non-hydrogen) atoms. The monoisotopic (exact) mass is 213 g/mol. The number of aliphatic hydroxyl groups is 1. The van der Waals surface area contributed by atoms with Gasteiger partial charge in [-0.05, 0) is 33.6 Å². The molecule has 1 aliphatic carbocycles. The molecular formula is C11H19NO3. The molecule has 2 rings (SSSR count). The zero-order valence-corrected chi connectivity index (χ0v) is 9.59. The number of β-amino-alcohol motifs (C(OH)–C–C–N with tert-alkyl or cyclic N) is 1. The van der Waals surface area contributed by atoms with Crippen molar-refractivity contribution in [2.75, 3.05) is 13.1 Å².